The third-order valence-corrected chi connectivity index (χ3v) is 7.79. The number of carbonyl (C=O) groups excluding carboxylic acids is 1. The van der Waals surface area contributed by atoms with Gasteiger partial charge in [-0.05, 0) is 30.8 Å². The minimum Gasteiger partial charge on any atom is -0.340 e. The van der Waals surface area contributed by atoms with E-state index in [0.717, 1.165) is 29.6 Å². The number of alkyl halides is 1. The lowest BCUT2D eigenvalue weighted by Gasteiger charge is -2.38. The first-order valence-corrected chi connectivity index (χ1v) is 11.4. The summed E-state index contributed by atoms with van der Waals surface area (Å²) < 4.78 is 15.6. The number of rotatable bonds is 5. The van der Waals surface area contributed by atoms with Gasteiger partial charge in [0.2, 0.25) is 0 Å². The van der Waals surface area contributed by atoms with Crippen LogP contribution in [0.15, 0.2) is 27.8 Å². The van der Waals surface area contributed by atoms with Crippen LogP contribution in [0.5, 0.6) is 0 Å². The molecule has 5 rings (SSSR count). The Hall–Kier alpha value is -1.80. The van der Waals surface area contributed by atoms with Gasteiger partial charge in [0, 0.05) is 62.3 Å². The Labute approximate surface area is 174 Å². The third kappa shape index (κ3) is 3.50. The van der Waals surface area contributed by atoms with Gasteiger partial charge in [-0.2, -0.15) is 0 Å². The van der Waals surface area contributed by atoms with Crippen molar-refractivity contribution in [2.24, 2.45) is 22.7 Å². The molecule has 29 heavy (non-hydrogen) atoms. The summed E-state index contributed by atoms with van der Waals surface area (Å²) in [5.74, 6) is 1.58. The maximum atomic E-state index is 15.6. The fourth-order valence-corrected chi connectivity index (χ4v) is 5.45. The Bertz CT molecular complexity index is 868. The number of piperidine rings is 1. The number of aliphatic imine (C=N–C) groups is 1. The molecule has 4 atom stereocenters. The van der Waals surface area contributed by atoms with E-state index >= 15 is 4.39 Å². The van der Waals surface area contributed by atoms with Crippen LogP contribution in [0.3, 0.4) is 0 Å². The smallest absolute Gasteiger partial charge is 0.260 e. The molecule has 4 unspecified atom stereocenters. The maximum absolute atomic E-state index is 15.6. The highest BCUT2D eigenvalue weighted by atomic mass is 32.1. The van der Waals surface area contributed by atoms with E-state index in [9.17, 15) is 4.79 Å². The summed E-state index contributed by atoms with van der Waals surface area (Å²) in [4.78, 5) is 25.8. The van der Waals surface area contributed by atoms with Crippen LogP contribution in [-0.4, -0.2) is 71.5 Å². The molecule has 1 N–H and O–H groups in total. The molecule has 6 nitrogen and oxygen atoms in total. The summed E-state index contributed by atoms with van der Waals surface area (Å²) in [6.07, 6.45) is 3.25. The lowest BCUT2D eigenvalue weighted by atomic mass is 9.85. The van der Waals surface area contributed by atoms with Crippen LogP contribution >= 0.6 is 11.3 Å². The molecule has 8 heteroatoms. The van der Waals surface area contributed by atoms with Gasteiger partial charge in [0.25, 0.3) is 5.91 Å². The number of aromatic nitrogens is 1. The molecule has 0 spiro atoms. The molecule has 0 radical (unpaired) electrons. The second-order valence-electron chi connectivity index (χ2n) is 9.11. The van der Waals surface area contributed by atoms with Gasteiger partial charge >= 0.3 is 0 Å². The molecule has 1 aliphatic carbocycles. The highest BCUT2D eigenvalue weighted by molar-refractivity contribution is 7.11. The van der Waals surface area contributed by atoms with Gasteiger partial charge in [-0.15, -0.1) is 11.3 Å². The predicted octanol–water partition coefficient (Wildman–Crippen LogP) is 2.30. The van der Waals surface area contributed by atoms with Gasteiger partial charge in [-0.1, -0.05) is 6.92 Å². The molecule has 1 saturated carbocycles. The molecule has 156 valence electrons. The molecular weight excluding hydrogens is 389 g/mol. The van der Waals surface area contributed by atoms with E-state index in [-0.39, 0.29) is 11.8 Å². The number of amides is 1. The molecule has 2 saturated heterocycles. The van der Waals surface area contributed by atoms with Crippen LogP contribution in [-0.2, 0) is 4.79 Å². The van der Waals surface area contributed by atoms with E-state index in [0.29, 0.717) is 44.4 Å². The monoisotopic (exact) mass is 417 g/mol. The maximum Gasteiger partial charge on any atom is 0.260 e. The quantitative estimate of drug-likeness (QED) is 0.799. The van der Waals surface area contributed by atoms with Gasteiger partial charge in [0.05, 0.1) is 6.54 Å². The van der Waals surface area contributed by atoms with Crippen LogP contribution in [0, 0.1) is 17.8 Å². The summed E-state index contributed by atoms with van der Waals surface area (Å²) >= 11 is 1.57. The molecule has 0 aromatic carbocycles. The molecule has 4 heterocycles. The highest BCUT2D eigenvalue weighted by Crippen LogP contribution is 2.44. The van der Waals surface area contributed by atoms with Crippen molar-refractivity contribution in [3.63, 3.8) is 0 Å². The molecule has 1 aromatic heterocycles. The lowest BCUT2D eigenvalue weighted by Crippen LogP contribution is -2.52. The normalized spacial score (nSPS) is 34.9. The fourth-order valence-electron chi connectivity index (χ4n) is 4.85. The first-order valence-electron chi connectivity index (χ1n) is 10.5. The number of nitrogens with zero attached hydrogens (tertiary/aromatic N) is 4. The van der Waals surface area contributed by atoms with Crippen LogP contribution in [0.2, 0.25) is 0 Å². The van der Waals surface area contributed by atoms with Crippen molar-refractivity contribution in [2.45, 2.75) is 32.4 Å². The molecule has 3 fully saturated rings. The SMILES string of the molecule is CC1=C(CN2CCC3(F)C(=O)N(CC4CC4C)CC3C2)NC(c2nccs2)=NC1. The summed E-state index contributed by atoms with van der Waals surface area (Å²) in [7, 11) is 0. The van der Waals surface area contributed by atoms with E-state index < -0.39 is 5.67 Å². The third-order valence-electron chi connectivity index (χ3n) is 7.01. The molecule has 1 aromatic rings. The van der Waals surface area contributed by atoms with Crippen LogP contribution < -0.4 is 5.32 Å². The van der Waals surface area contributed by atoms with Crippen molar-refractivity contribution in [3.05, 3.63) is 27.9 Å². The zero-order valence-electron chi connectivity index (χ0n) is 17.0. The predicted molar refractivity (Wildman–Crippen MR) is 112 cm³/mol. The minimum absolute atomic E-state index is 0.227. The Morgan fingerprint density at radius 2 is 2.24 bits per heavy atom. The number of carbonyl (C=O) groups is 1. The highest BCUT2D eigenvalue weighted by Gasteiger charge is 2.57. The van der Waals surface area contributed by atoms with Gasteiger partial charge in [0.1, 0.15) is 0 Å². The van der Waals surface area contributed by atoms with Crippen molar-refractivity contribution in [1.29, 1.82) is 0 Å². The van der Waals surface area contributed by atoms with Gasteiger partial charge < -0.3 is 10.2 Å². The number of fused-ring (bicyclic) bond motifs is 1. The average molecular weight is 418 g/mol. The van der Waals surface area contributed by atoms with Crippen LogP contribution in [0.4, 0.5) is 4.39 Å². The Morgan fingerprint density at radius 1 is 1.41 bits per heavy atom. The van der Waals surface area contributed by atoms with E-state index in [1.807, 2.05) is 5.38 Å². The molecule has 3 aliphatic heterocycles. The van der Waals surface area contributed by atoms with Crippen LogP contribution in [0.25, 0.3) is 0 Å². The number of hydrogen-bond donors (Lipinski definition) is 1. The Balaban J connectivity index is 1.23. The second-order valence-corrected chi connectivity index (χ2v) is 10.0. The van der Waals surface area contributed by atoms with Gasteiger partial charge in [0.15, 0.2) is 16.5 Å². The van der Waals surface area contributed by atoms with Crippen molar-refractivity contribution in [2.75, 3.05) is 39.3 Å². The van der Waals surface area contributed by atoms with E-state index in [1.165, 1.54) is 12.0 Å². The first kappa shape index (κ1) is 19.2. The first-order chi connectivity index (χ1) is 13.9. The second kappa shape index (κ2) is 7.16. The number of likely N-dealkylation sites (tertiary alicyclic amines) is 2. The topological polar surface area (TPSA) is 60.8 Å². The van der Waals surface area contributed by atoms with Crippen molar-refractivity contribution in [3.8, 4) is 0 Å². The van der Waals surface area contributed by atoms with Gasteiger partial charge in [-0.3, -0.25) is 14.7 Å². The Kier molecular flexibility index (Phi) is 4.74. The van der Waals surface area contributed by atoms with Gasteiger partial charge in [-0.25, -0.2) is 9.37 Å². The van der Waals surface area contributed by atoms with E-state index in [4.69, 9.17) is 0 Å². The number of amidine groups is 1. The lowest BCUT2D eigenvalue weighted by molar-refractivity contribution is -0.141. The minimum atomic E-state index is -1.66. The van der Waals surface area contributed by atoms with E-state index in [2.05, 4.69) is 34.0 Å². The number of halogens is 1. The molecule has 0 bridgehead atoms. The van der Waals surface area contributed by atoms with Crippen molar-refractivity contribution < 1.29 is 9.18 Å². The summed E-state index contributed by atoms with van der Waals surface area (Å²) in [5, 5.41) is 6.28. The number of thiazole rings is 1. The average Bonchev–Trinajstić information content (AvgIpc) is 3.08. The van der Waals surface area contributed by atoms with Crippen molar-refractivity contribution in [1.82, 2.24) is 20.1 Å². The molecule has 1 amide bonds. The number of nitrogens with one attached hydrogen (secondary N) is 1. The number of hydrogen-bond acceptors (Lipinski definition) is 6. The zero-order valence-corrected chi connectivity index (χ0v) is 17.8. The molecular formula is C21H28FN5OS. The fraction of sp³-hybridized carbons (Fsp3) is 0.667. The summed E-state index contributed by atoms with van der Waals surface area (Å²) in [5.41, 5.74) is 0.671. The standard InChI is InChI=1S/C21H28FN5OS/c1-13-7-15(13)9-27-11-16-10-26(5-3-21(16,22)20(27)28)12-17-14(2)8-24-18(25-17)19-23-4-6-29-19/h4,6,13,15-16H,3,5,7-12H2,1-2H3,(H,24,25). The largest absolute Gasteiger partial charge is 0.340 e. The zero-order chi connectivity index (χ0) is 20.2. The molecule has 4 aliphatic rings. The van der Waals surface area contributed by atoms with Crippen LogP contribution in [0.1, 0.15) is 31.7 Å². The summed E-state index contributed by atoms with van der Waals surface area (Å²) in [6, 6.07) is 0. The summed E-state index contributed by atoms with van der Waals surface area (Å²) in [6.45, 7) is 8.22. The Morgan fingerprint density at radius 3 is 2.97 bits per heavy atom. The van der Waals surface area contributed by atoms with Crippen molar-refractivity contribution >= 4 is 23.1 Å². The van der Waals surface area contributed by atoms with E-state index in [1.54, 1.807) is 22.4 Å².